The van der Waals surface area contributed by atoms with E-state index in [1.807, 2.05) is 0 Å². The van der Waals surface area contributed by atoms with Crippen LogP contribution in [0.15, 0.2) is 29.3 Å². The van der Waals surface area contributed by atoms with Gasteiger partial charge in [-0.15, -0.1) is 24.0 Å². The number of benzene rings is 1. The van der Waals surface area contributed by atoms with Crippen LogP contribution in [0.3, 0.4) is 0 Å². The predicted molar refractivity (Wildman–Crippen MR) is 118 cm³/mol. The third kappa shape index (κ3) is 7.80. The zero-order valence-electron chi connectivity index (χ0n) is 16.1. The Hall–Kier alpha value is -0.860. The lowest BCUT2D eigenvalue weighted by Crippen LogP contribution is -2.44. The van der Waals surface area contributed by atoms with E-state index < -0.39 is 0 Å². The molecule has 2 rings (SSSR count). The van der Waals surface area contributed by atoms with Gasteiger partial charge in [0.25, 0.3) is 0 Å². The molecule has 0 spiro atoms. The van der Waals surface area contributed by atoms with Crippen LogP contribution < -0.4 is 10.6 Å². The molecule has 1 saturated heterocycles. The highest BCUT2D eigenvalue weighted by atomic mass is 127. The third-order valence-corrected chi connectivity index (χ3v) is 4.82. The SMILES string of the molecule is CCCCNC(=NCc1ccc(C)cc1)NCC1(CCO)CCOC1.I. The van der Waals surface area contributed by atoms with E-state index in [1.54, 1.807) is 0 Å². The van der Waals surface area contributed by atoms with Crippen molar-refractivity contribution in [2.45, 2.75) is 46.1 Å². The van der Waals surface area contributed by atoms with Crippen molar-refractivity contribution in [3.05, 3.63) is 35.4 Å². The number of aliphatic hydroxyl groups is 1. The molecule has 148 valence electrons. The summed E-state index contributed by atoms with van der Waals surface area (Å²) in [6.07, 6.45) is 4.03. The quantitative estimate of drug-likeness (QED) is 0.222. The smallest absolute Gasteiger partial charge is 0.191 e. The number of unbranched alkanes of at least 4 members (excludes halogenated alkanes) is 1. The molecule has 1 unspecified atom stereocenters. The topological polar surface area (TPSA) is 65.9 Å². The molecule has 1 aliphatic rings. The molecule has 0 bridgehead atoms. The molecule has 0 aromatic heterocycles. The number of ether oxygens (including phenoxy) is 1. The van der Waals surface area contributed by atoms with Crippen molar-refractivity contribution >= 4 is 29.9 Å². The molecule has 26 heavy (non-hydrogen) atoms. The molecule has 1 aromatic carbocycles. The summed E-state index contributed by atoms with van der Waals surface area (Å²) in [4.78, 5) is 4.74. The first-order valence-electron chi connectivity index (χ1n) is 9.44. The number of aliphatic imine (C=N–C) groups is 1. The normalized spacial score (nSPS) is 19.9. The highest BCUT2D eigenvalue weighted by Crippen LogP contribution is 2.31. The molecule has 1 fully saturated rings. The van der Waals surface area contributed by atoms with Crippen LogP contribution in [0.1, 0.15) is 43.7 Å². The second kappa shape index (κ2) is 12.5. The lowest BCUT2D eigenvalue weighted by Gasteiger charge is -2.27. The average molecular weight is 475 g/mol. The average Bonchev–Trinajstić information content (AvgIpc) is 3.07. The highest BCUT2D eigenvalue weighted by Gasteiger charge is 2.34. The Balaban J connectivity index is 0.00000338. The van der Waals surface area contributed by atoms with Crippen molar-refractivity contribution in [1.29, 1.82) is 0 Å². The fourth-order valence-electron chi connectivity index (χ4n) is 3.00. The molecule has 1 aliphatic heterocycles. The fourth-order valence-corrected chi connectivity index (χ4v) is 3.00. The van der Waals surface area contributed by atoms with Gasteiger partial charge in [-0.3, -0.25) is 0 Å². The molecule has 1 aromatic rings. The molecule has 0 amide bonds. The Morgan fingerprint density at radius 2 is 2.04 bits per heavy atom. The third-order valence-electron chi connectivity index (χ3n) is 4.82. The summed E-state index contributed by atoms with van der Waals surface area (Å²) in [6, 6.07) is 8.49. The first kappa shape index (κ1) is 23.2. The van der Waals surface area contributed by atoms with Crippen LogP contribution in [0.4, 0.5) is 0 Å². The van der Waals surface area contributed by atoms with Crippen LogP contribution in [0.25, 0.3) is 0 Å². The number of rotatable bonds is 9. The fraction of sp³-hybridized carbons (Fsp3) is 0.650. The van der Waals surface area contributed by atoms with Gasteiger partial charge in [-0.2, -0.15) is 0 Å². The van der Waals surface area contributed by atoms with E-state index in [2.05, 4.69) is 48.7 Å². The molecule has 0 radical (unpaired) electrons. The zero-order valence-corrected chi connectivity index (χ0v) is 18.4. The van der Waals surface area contributed by atoms with E-state index in [1.165, 1.54) is 11.1 Å². The molecule has 6 heteroatoms. The summed E-state index contributed by atoms with van der Waals surface area (Å²) < 4.78 is 5.57. The van der Waals surface area contributed by atoms with Gasteiger partial charge in [0.15, 0.2) is 5.96 Å². The molecule has 1 heterocycles. The maximum atomic E-state index is 9.38. The van der Waals surface area contributed by atoms with Gasteiger partial charge < -0.3 is 20.5 Å². The second-order valence-corrected chi connectivity index (χ2v) is 7.06. The number of aliphatic hydroxyl groups excluding tert-OH is 1. The van der Waals surface area contributed by atoms with E-state index >= 15 is 0 Å². The van der Waals surface area contributed by atoms with Crippen LogP contribution >= 0.6 is 24.0 Å². The zero-order chi connectivity index (χ0) is 18.0. The van der Waals surface area contributed by atoms with Crippen molar-refractivity contribution in [3.63, 3.8) is 0 Å². The number of aryl methyl sites for hydroxylation is 1. The Morgan fingerprint density at radius 3 is 2.65 bits per heavy atom. The van der Waals surface area contributed by atoms with Crippen molar-refractivity contribution in [1.82, 2.24) is 10.6 Å². The van der Waals surface area contributed by atoms with Gasteiger partial charge in [-0.25, -0.2) is 4.99 Å². The van der Waals surface area contributed by atoms with Crippen molar-refractivity contribution in [2.75, 3.05) is 32.9 Å². The number of hydrogen-bond acceptors (Lipinski definition) is 3. The molecule has 3 N–H and O–H groups in total. The Labute approximate surface area is 175 Å². The number of nitrogens with one attached hydrogen (secondary N) is 2. The summed E-state index contributed by atoms with van der Waals surface area (Å²) in [7, 11) is 0. The number of guanidine groups is 1. The lowest BCUT2D eigenvalue weighted by atomic mass is 9.84. The maximum Gasteiger partial charge on any atom is 0.191 e. The van der Waals surface area contributed by atoms with Gasteiger partial charge in [-0.05, 0) is 31.7 Å². The van der Waals surface area contributed by atoms with Crippen molar-refractivity contribution in [3.8, 4) is 0 Å². The number of halogens is 1. The van der Waals surface area contributed by atoms with Gasteiger partial charge in [0.1, 0.15) is 0 Å². The largest absolute Gasteiger partial charge is 0.396 e. The highest BCUT2D eigenvalue weighted by molar-refractivity contribution is 14.0. The lowest BCUT2D eigenvalue weighted by molar-refractivity contribution is 0.127. The Morgan fingerprint density at radius 1 is 1.27 bits per heavy atom. The van der Waals surface area contributed by atoms with Gasteiger partial charge in [0.2, 0.25) is 0 Å². The summed E-state index contributed by atoms with van der Waals surface area (Å²) in [5, 5.41) is 16.3. The van der Waals surface area contributed by atoms with Crippen LogP contribution in [0.5, 0.6) is 0 Å². The Bertz CT molecular complexity index is 528. The Kier molecular flexibility index (Phi) is 11.2. The molecule has 0 aliphatic carbocycles. The number of nitrogens with zero attached hydrogens (tertiary/aromatic N) is 1. The summed E-state index contributed by atoms with van der Waals surface area (Å²) >= 11 is 0. The van der Waals surface area contributed by atoms with Gasteiger partial charge >= 0.3 is 0 Å². The first-order valence-corrected chi connectivity index (χ1v) is 9.44. The van der Waals surface area contributed by atoms with Gasteiger partial charge in [0, 0.05) is 31.7 Å². The first-order chi connectivity index (χ1) is 12.2. The van der Waals surface area contributed by atoms with Crippen LogP contribution in [-0.4, -0.2) is 44.0 Å². The van der Waals surface area contributed by atoms with E-state index in [9.17, 15) is 5.11 Å². The van der Waals surface area contributed by atoms with E-state index in [0.717, 1.165) is 51.3 Å². The minimum atomic E-state index is 0. The van der Waals surface area contributed by atoms with E-state index in [0.29, 0.717) is 13.2 Å². The maximum absolute atomic E-state index is 9.38. The minimum Gasteiger partial charge on any atom is -0.396 e. The molecule has 1 atom stereocenters. The van der Waals surface area contributed by atoms with Crippen molar-refractivity contribution < 1.29 is 9.84 Å². The molecular weight excluding hydrogens is 441 g/mol. The van der Waals surface area contributed by atoms with Crippen molar-refractivity contribution in [2.24, 2.45) is 10.4 Å². The van der Waals surface area contributed by atoms with Gasteiger partial charge in [0.05, 0.1) is 13.2 Å². The summed E-state index contributed by atoms with van der Waals surface area (Å²) in [5.41, 5.74) is 2.49. The standard InChI is InChI=1S/C20H33N3O2.HI/c1-3-4-11-21-19(22-14-18-7-5-17(2)6-8-18)23-15-20(9-12-24)10-13-25-16-20;/h5-8,24H,3-4,9-16H2,1-2H3,(H2,21,22,23);1H. The number of hydrogen-bond donors (Lipinski definition) is 3. The second-order valence-electron chi connectivity index (χ2n) is 7.06. The van der Waals surface area contributed by atoms with Crippen LogP contribution in [0.2, 0.25) is 0 Å². The van der Waals surface area contributed by atoms with E-state index in [4.69, 9.17) is 9.73 Å². The monoisotopic (exact) mass is 475 g/mol. The van der Waals surface area contributed by atoms with Crippen LogP contribution in [0, 0.1) is 12.3 Å². The van der Waals surface area contributed by atoms with Crippen LogP contribution in [-0.2, 0) is 11.3 Å². The predicted octanol–water partition coefficient (Wildman–Crippen LogP) is 3.24. The minimum absolute atomic E-state index is 0. The molecule has 5 nitrogen and oxygen atoms in total. The van der Waals surface area contributed by atoms with Gasteiger partial charge in [-0.1, -0.05) is 43.2 Å². The summed E-state index contributed by atoms with van der Waals surface area (Å²) in [6.45, 7) is 8.32. The molecular formula is C20H34IN3O2. The van der Waals surface area contributed by atoms with E-state index in [-0.39, 0.29) is 36.0 Å². The summed E-state index contributed by atoms with van der Waals surface area (Å²) in [5.74, 6) is 0.846. The molecule has 0 saturated carbocycles.